The van der Waals surface area contributed by atoms with Gasteiger partial charge in [0.05, 0.1) is 18.8 Å². The molecule has 0 radical (unpaired) electrons. The van der Waals surface area contributed by atoms with E-state index in [4.69, 9.17) is 4.42 Å². The number of nitrogens with zero attached hydrogens (tertiary/aromatic N) is 3. The second-order valence-electron chi connectivity index (χ2n) is 6.67. The quantitative estimate of drug-likeness (QED) is 0.921. The van der Waals surface area contributed by atoms with Gasteiger partial charge < -0.3 is 19.2 Å². The zero-order chi connectivity index (χ0) is 16.7. The molecule has 1 aliphatic carbocycles. The van der Waals surface area contributed by atoms with E-state index in [1.54, 1.807) is 36.3 Å². The molecule has 24 heavy (non-hydrogen) atoms. The Balaban J connectivity index is 1.45. The van der Waals surface area contributed by atoms with Crippen LogP contribution in [0.4, 0.5) is 0 Å². The Morgan fingerprint density at radius 1 is 1.29 bits per heavy atom. The Kier molecular flexibility index (Phi) is 3.63. The normalized spacial score (nSPS) is 25.7. The number of fused-ring (bicyclic) bond motifs is 2. The van der Waals surface area contributed by atoms with Crippen LogP contribution in [0.15, 0.2) is 35.3 Å². The van der Waals surface area contributed by atoms with Gasteiger partial charge in [0.2, 0.25) is 0 Å². The molecule has 2 aromatic rings. The van der Waals surface area contributed by atoms with Crippen LogP contribution < -0.4 is 5.32 Å². The number of rotatable bonds is 3. The van der Waals surface area contributed by atoms with E-state index in [0.29, 0.717) is 36.4 Å². The van der Waals surface area contributed by atoms with E-state index in [0.717, 1.165) is 12.8 Å². The number of carbonyl (C=O) groups is 2. The molecule has 3 atom stereocenters. The lowest BCUT2D eigenvalue weighted by atomic mass is 9.91. The third-order valence-electron chi connectivity index (χ3n) is 5.20. The molecule has 2 amide bonds. The Labute approximate surface area is 139 Å². The van der Waals surface area contributed by atoms with Gasteiger partial charge in [-0.1, -0.05) is 0 Å². The fraction of sp³-hybridized carbons (Fsp3) is 0.471. The maximum Gasteiger partial charge on any atom is 0.289 e. The minimum Gasteiger partial charge on any atom is -0.459 e. The lowest BCUT2D eigenvalue weighted by molar-refractivity contribution is 0.0568. The summed E-state index contributed by atoms with van der Waals surface area (Å²) in [6.45, 7) is 1.32. The monoisotopic (exact) mass is 328 g/mol. The van der Waals surface area contributed by atoms with Crippen LogP contribution in [0.5, 0.6) is 0 Å². The number of likely N-dealkylation sites (tertiary alicyclic amines) is 1. The average molecular weight is 328 g/mol. The minimum atomic E-state index is -0.0947. The molecule has 2 aromatic heterocycles. The largest absolute Gasteiger partial charge is 0.459 e. The summed E-state index contributed by atoms with van der Waals surface area (Å²) >= 11 is 0. The zero-order valence-electron chi connectivity index (χ0n) is 13.5. The maximum atomic E-state index is 12.5. The molecular formula is C17H20N4O3. The van der Waals surface area contributed by atoms with E-state index < -0.39 is 0 Å². The second-order valence-corrected chi connectivity index (χ2v) is 6.67. The number of carbonyl (C=O) groups excluding carboxylic acids is 2. The predicted octanol–water partition coefficient (Wildman–Crippen LogP) is 1.29. The number of imidazole rings is 1. The summed E-state index contributed by atoms with van der Waals surface area (Å²) in [5.74, 6) is 0.808. The highest BCUT2D eigenvalue weighted by atomic mass is 16.3. The Bertz CT molecular complexity index is 738. The fourth-order valence-electron chi connectivity index (χ4n) is 3.98. The van der Waals surface area contributed by atoms with Crippen molar-refractivity contribution in [2.24, 2.45) is 18.9 Å². The molecular weight excluding hydrogens is 308 g/mol. The van der Waals surface area contributed by atoms with Crippen molar-refractivity contribution in [1.82, 2.24) is 19.8 Å². The summed E-state index contributed by atoms with van der Waals surface area (Å²) in [7, 11) is 1.81. The van der Waals surface area contributed by atoms with E-state index in [2.05, 4.69) is 10.3 Å². The summed E-state index contributed by atoms with van der Waals surface area (Å²) in [5, 5.41) is 3.16. The van der Waals surface area contributed by atoms with Crippen LogP contribution in [0.3, 0.4) is 0 Å². The Hall–Kier alpha value is -2.57. The van der Waals surface area contributed by atoms with Crippen molar-refractivity contribution in [3.8, 4) is 0 Å². The van der Waals surface area contributed by atoms with Crippen LogP contribution in [-0.2, 0) is 7.05 Å². The van der Waals surface area contributed by atoms with Crippen LogP contribution in [-0.4, -0.2) is 45.4 Å². The van der Waals surface area contributed by atoms with Gasteiger partial charge in [-0.3, -0.25) is 9.59 Å². The summed E-state index contributed by atoms with van der Waals surface area (Å²) in [5.41, 5.74) is 0.559. The highest BCUT2D eigenvalue weighted by molar-refractivity contribution is 5.93. The van der Waals surface area contributed by atoms with Crippen LogP contribution in [0.25, 0.3) is 0 Å². The van der Waals surface area contributed by atoms with E-state index in [1.807, 2.05) is 4.90 Å². The van der Waals surface area contributed by atoms with Crippen molar-refractivity contribution >= 4 is 11.8 Å². The molecule has 7 heteroatoms. The molecule has 1 saturated carbocycles. The van der Waals surface area contributed by atoms with Gasteiger partial charge in [-0.05, 0) is 36.8 Å². The van der Waals surface area contributed by atoms with Gasteiger partial charge in [-0.25, -0.2) is 4.98 Å². The third kappa shape index (κ3) is 2.50. The summed E-state index contributed by atoms with van der Waals surface area (Å²) in [6.07, 6.45) is 6.77. The molecule has 2 aliphatic rings. The number of amides is 2. The van der Waals surface area contributed by atoms with Gasteiger partial charge in [-0.2, -0.15) is 0 Å². The SMILES string of the molecule is Cn1cncc1C(=O)NC1[C@@H]2CC[C@H]1CN(C(=O)c1ccco1)C2. The first kappa shape index (κ1) is 15.0. The first-order chi connectivity index (χ1) is 11.6. The van der Waals surface area contributed by atoms with Gasteiger partial charge in [0.25, 0.3) is 11.8 Å². The molecule has 1 saturated heterocycles. The van der Waals surface area contributed by atoms with Crippen molar-refractivity contribution in [2.45, 2.75) is 18.9 Å². The highest BCUT2D eigenvalue weighted by Crippen LogP contribution is 2.37. The van der Waals surface area contributed by atoms with Crippen molar-refractivity contribution in [3.63, 3.8) is 0 Å². The molecule has 7 nitrogen and oxygen atoms in total. The minimum absolute atomic E-state index is 0.0617. The predicted molar refractivity (Wildman–Crippen MR) is 85.3 cm³/mol. The topological polar surface area (TPSA) is 80.4 Å². The van der Waals surface area contributed by atoms with E-state index >= 15 is 0 Å². The Morgan fingerprint density at radius 2 is 2.04 bits per heavy atom. The standard InChI is InChI=1S/C17H20N4O3/c1-20-10-18-7-13(20)16(22)19-15-11-4-5-12(15)9-21(8-11)17(23)14-3-2-6-24-14/h2-3,6-7,10-12,15H,4-5,8-9H2,1H3,(H,19,22)/t11-,12+,15?. The summed E-state index contributed by atoms with van der Waals surface area (Å²) < 4.78 is 6.94. The molecule has 2 bridgehead atoms. The van der Waals surface area contributed by atoms with Gasteiger partial charge >= 0.3 is 0 Å². The molecule has 3 heterocycles. The molecule has 1 unspecified atom stereocenters. The summed E-state index contributed by atoms with van der Waals surface area (Å²) in [4.78, 5) is 30.8. The number of hydrogen-bond donors (Lipinski definition) is 1. The molecule has 2 fully saturated rings. The lowest BCUT2D eigenvalue weighted by Gasteiger charge is -2.38. The smallest absolute Gasteiger partial charge is 0.289 e. The molecule has 4 rings (SSSR count). The fourth-order valence-corrected chi connectivity index (χ4v) is 3.98. The molecule has 126 valence electrons. The van der Waals surface area contributed by atoms with Gasteiger partial charge in [-0.15, -0.1) is 0 Å². The second kappa shape index (κ2) is 5.81. The van der Waals surface area contributed by atoms with E-state index in [-0.39, 0.29) is 17.9 Å². The third-order valence-corrected chi connectivity index (χ3v) is 5.20. The van der Waals surface area contributed by atoms with E-state index in [9.17, 15) is 9.59 Å². The van der Waals surface area contributed by atoms with Gasteiger partial charge in [0, 0.05) is 26.2 Å². The highest BCUT2D eigenvalue weighted by Gasteiger charge is 2.44. The van der Waals surface area contributed by atoms with Crippen LogP contribution in [0, 0.1) is 11.8 Å². The summed E-state index contributed by atoms with van der Waals surface area (Å²) in [6, 6.07) is 3.54. The van der Waals surface area contributed by atoms with Crippen LogP contribution >= 0.6 is 0 Å². The molecule has 1 aliphatic heterocycles. The van der Waals surface area contributed by atoms with Gasteiger partial charge in [0.15, 0.2) is 5.76 Å². The average Bonchev–Trinajstić information content (AvgIpc) is 3.28. The van der Waals surface area contributed by atoms with Crippen molar-refractivity contribution < 1.29 is 14.0 Å². The lowest BCUT2D eigenvalue weighted by Crippen LogP contribution is -2.54. The number of aryl methyl sites for hydroxylation is 1. The number of furan rings is 1. The number of aromatic nitrogens is 2. The zero-order valence-corrected chi connectivity index (χ0v) is 13.5. The Morgan fingerprint density at radius 3 is 2.62 bits per heavy atom. The number of hydrogen-bond acceptors (Lipinski definition) is 4. The number of piperidine rings is 1. The first-order valence-electron chi connectivity index (χ1n) is 8.23. The number of nitrogens with one attached hydrogen (secondary N) is 1. The van der Waals surface area contributed by atoms with Gasteiger partial charge in [0.1, 0.15) is 5.69 Å². The molecule has 1 N–H and O–H groups in total. The molecule has 0 aromatic carbocycles. The van der Waals surface area contributed by atoms with Crippen LogP contribution in [0.1, 0.15) is 33.9 Å². The van der Waals surface area contributed by atoms with Crippen molar-refractivity contribution in [3.05, 3.63) is 42.4 Å². The molecule has 0 spiro atoms. The maximum absolute atomic E-state index is 12.5. The first-order valence-corrected chi connectivity index (χ1v) is 8.23. The van der Waals surface area contributed by atoms with Crippen LogP contribution in [0.2, 0.25) is 0 Å². The van der Waals surface area contributed by atoms with E-state index in [1.165, 1.54) is 6.26 Å². The van der Waals surface area contributed by atoms with Crippen molar-refractivity contribution in [1.29, 1.82) is 0 Å². The van der Waals surface area contributed by atoms with Crippen molar-refractivity contribution in [2.75, 3.05) is 13.1 Å².